The van der Waals surface area contributed by atoms with Gasteiger partial charge in [-0.2, -0.15) is 0 Å². The lowest BCUT2D eigenvalue weighted by Gasteiger charge is -2.21. The van der Waals surface area contributed by atoms with Gasteiger partial charge >= 0.3 is 0 Å². The Hall–Kier alpha value is -2.22. The molecule has 0 radical (unpaired) electrons. The van der Waals surface area contributed by atoms with Gasteiger partial charge in [0.15, 0.2) is 0 Å². The first-order valence-electron chi connectivity index (χ1n) is 8.87. The number of nitrogens with zero attached hydrogens (tertiary/aromatic N) is 6. The van der Waals surface area contributed by atoms with Gasteiger partial charge in [-0.25, -0.2) is 0 Å². The normalized spacial score (nSPS) is 16.4. The molecular weight excluding hydrogens is 320 g/mol. The number of aromatic nitrogens is 4. The summed E-state index contributed by atoms with van der Waals surface area (Å²) in [6.07, 6.45) is 2.72. The van der Waals surface area contributed by atoms with Crippen LogP contribution in [0, 0.1) is 6.92 Å². The van der Waals surface area contributed by atoms with Crippen molar-refractivity contribution in [1.29, 1.82) is 0 Å². The summed E-state index contributed by atoms with van der Waals surface area (Å²) >= 11 is 0. The van der Waals surface area contributed by atoms with Gasteiger partial charge in [0.2, 0.25) is 5.76 Å². The quantitative estimate of drug-likeness (QED) is 0.817. The van der Waals surface area contributed by atoms with Crippen LogP contribution in [-0.2, 0) is 6.54 Å². The fourth-order valence-corrected chi connectivity index (χ4v) is 3.00. The summed E-state index contributed by atoms with van der Waals surface area (Å²) in [4.78, 5) is 16.9. The van der Waals surface area contributed by atoms with E-state index in [1.807, 2.05) is 25.7 Å². The summed E-state index contributed by atoms with van der Waals surface area (Å²) in [5.41, 5.74) is 0.823. The van der Waals surface area contributed by atoms with E-state index in [1.165, 1.54) is 0 Å². The summed E-state index contributed by atoms with van der Waals surface area (Å²) in [6.45, 7) is 11.1. The van der Waals surface area contributed by atoms with E-state index >= 15 is 0 Å². The third kappa shape index (κ3) is 4.25. The van der Waals surface area contributed by atoms with Gasteiger partial charge in [-0.1, -0.05) is 19.0 Å². The van der Waals surface area contributed by atoms with Crippen molar-refractivity contribution in [1.82, 2.24) is 29.7 Å². The number of hydrogen-bond acceptors (Lipinski definition) is 6. The molecule has 0 spiro atoms. The molecule has 1 aliphatic heterocycles. The third-order valence-electron chi connectivity index (χ3n) is 4.67. The molecule has 1 aliphatic rings. The predicted molar refractivity (Wildman–Crippen MR) is 92.3 cm³/mol. The number of carbonyl (C=O) groups excluding carboxylic acids is 1. The molecule has 0 N–H and O–H groups in total. The first kappa shape index (κ1) is 17.6. The van der Waals surface area contributed by atoms with Crippen molar-refractivity contribution < 1.29 is 9.32 Å². The minimum absolute atomic E-state index is 0.0593. The molecule has 0 saturated carbocycles. The molecule has 8 heteroatoms. The fraction of sp³-hybridized carbons (Fsp3) is 0.647. The predicted octanol–water partition coefficient (Wildman–Crippen LogP) is 1.55. The summed E-state index contributed by atoms with van der Waals surface area (Å²) < 4.78 is 7.30. The maximum atomic E-state index is 12.6. The van der Waals surface area contributed by atoms with Crippen LogP contribution in [0.3, 0.4) is 0 Å². The molecule has 1 saturated heterocycles. The molecule has 8 nitrogen and oxygen atoms in total. The Morgan fingerprint density at radius 2 is 2.08 bits per heavy atom. The van der Waals surface area contributed by atoms with Crippen molar-refractivity contribution in [2.24, 2.45) is 0 Å². The van der Waals surface area contributed by atoms with Crippen molar-refractivity contribution in [3.8, 4) is 0 Å². The van der Waals surface area contributed by atoms with E-state index in [1.54, 1.807) is 12.4 Å². The zero-order chi connectivity index (χ0) is 17.8. The average Bonchev–Trinajstić information content (AvgIpc) is 3.17. The van der Waals surface area contributed by atoms with Crippen molar-refractivity contribution in [3.63, 3.8) is 0 Å². The van der Waals surface area contributed by atoms with Gasteiger partial charge in [0, 0.05) is 38.8 Å². The zero-order valence-electron chi connectivity index (χ0n) is 15.2. The van der Waals surface area contributed by atoms with Gasteiger partial charge in [-0.05, 0) is 25.8 Å². The smallest absolute Gasteiger partial charge is 0.292 e. The van der Waals surface area contributed by atoms with E-state index in [4.69, 9.17) is 4.52 Å². The first-order valence-corrected chi connectivity index (χ1v) is 8.87. The second-order valence-electron chi connectivity index (χ2n) is 6.83. The topological polar surface area (TPSA) is 80.3 Å². The highest BCUT2D eigenvalue weighted by Crippen LogP contribution is 2.16. The van der Waals surface area contributed by atoms with Crippen molar-refractivity contribution in [3.05, 3.63) is 29.7 Å². The Labute approximate surface area is 147 Å². The van der Waals surface area contributed by atoms with E-state index in [0.29, 0.717) is 12.3 Å². The molecule has 0 atom stereocenters. The van der Waals surface area contributed by atoms with E-state index < -0.39 is 0 Å². The summed E-state index contributed by atoms with van der Waals surface area (Å²) in [7, 11) is 0. The second kappa shape index (κ2) is 7.77. The lowest BCUT2D eigenvalue weighted by molar-refractivity contribution is 0.0719. The van der Waals surface area contributed by atoms with Crippen LogP contribution in [-0.4, -0.2) is 68.4 Å². The maximum Gasteiger partial charge on any atom is 0.292 e. The molecule has 2 aromatic rings. The van der Waals surface area contributed by atoms with Crippen molar-refractivity contribution in [2.45, 2.75) is 39.7 Å². The highest BCUT2D eigenvalue weighted by atomic mass is 16.5. The van der Waals surface area contributed by atoms with Crippen molar-refractivity contribution in [2.75, 3.05) is 32.7 Å². The maximum absolute atomic E-state index is 12.6. The van der Waals surface area contributed by atoms with E-state index in [-0.39, 0.29) is 11.8 Å². The molecule has 0 aromatic carbocycles. The van der Waals surface area contributed by atoms with Crippen LogP contribution in [0.4, 0.5) is 0 Å². The molecule has 1 amide bonds. The Kier molecular flexibility index (Phi) is 5.47. The van der Waals surface area contributed by atoms with E-state index in [0.717, 1.165) is 50.7 Å². The Balaban J connectivity index is 1.53. The molecular formula is C17H26N6O2. The minimum atomic E-state index is -0.0593. The van der Waals surface area contributed by atoms with Gasteiger partial charge in [0.05, 0.1) is 5.69 Å². The molecule has 136 valence electrons. The summed E-state index contributed by atoms with van der Waals surface area (Å²) in [6, 6.07) is 1.77. The number of aryl methyl sites for hydroxylation is 1. The Morgan fingerprint density at radius 1 is 1.24 bits per heavy atom. The van der Waals surface area contributed by atoms with Crippen LogP contribution in [0.25, 0.3) is 0 Å². The average molecular weight is 346 g/mol. The van der Waals surface area contributed by atoms with Gasteiger partial charge in [0.1, 0.15) is 12.2 Å². The molecule has 2 aromatic heterocycles. The lowest BCUT2D eigenvalue weighted by Crippen LogP contribution is -2.35. The molecule has 0 unspecified atom stereocenters. The van der Waals surface area contributed by atoms with Crippen molar-refractivity contribution >= 4 is 5.91 Å². The molecule has 25 heavy (non-hydrogen) atoms. The van der Waals surface area contributed by atoms with Gasteiger partial charge in [-0.3, -0.25) is 9.69 Å². The standard InChI is InChI=1S/C17H26N6O2/c1-13(2)15-11-16(25-20-15)17(24)22-6-4-5-21(7-9-22)8-10-23-12-18-19-14(23)3/h11-13H,4-10H2,1-3H3. The molecule has 0 aliphatic carbocycles. The third-order valence-corrected chi connectivity index (χ3v) is 4.67. The highest BCUT2D eigenvalue weighted by Gasteiger charge is 2.24. The lowest BCUT2D eigenvalue weighted by atomic mass is 10.1. The van der Waals surface area contributed by atoms with Crippen LogP contribution in [0.15, 0.2) is 16.9 Å². The van der Waals surface area contributed by atoms with Crippen LogP contribution in [0.2, 0.25) is 0 Å². The van der Waals surface area contributed by atoms with E-state index in [2.05, 4.69) is 24.8 Å². The molecule has 1 fully saturated rings. The first-order chi connectivity index (χ1) is 12.0. The fourth-order valence-electron chi connectivity index (χ4n) is 3.00. The minimum Gasteiger partial charge on any atom is -0.351 e. The molecule has 3 rings (SSSR count). The van der Waals surface area contributed by atoms with Crippen LogP contribution >= 0.6 is 0 Å². The van der Waals surface area contributed by atoms with Crippen LogP contribution in [0.1, 0.15) is 48.3 Å². The number of hydrogen-bond donors (Lipinski definition) is 0. The van der Waals surface area contributed by atoms with Gasteiger partial charge < -0.3 is 14.0 Å². The second-order valence-corrected chi connectivity index (χ2v) is 6.83. The monoisotopic (exact) mass is 346 g/mol. The SMILES string of the molecule is Cc1nncn1CCN1CCCN(C(=O)c2cc(C(C)C)no2)CC1. The number of carbonyl (C=O) groups is 1. The largest absolute Gasteiger partial charge is 0.351 e. The Bertz CT molecular complexity index is 708. The summed E-state index contributed by atoms with van der Waals surface area (Å²) in [5.74, 6) is 1.47. The summed E-state index contributed by atoms with van der Waals surface area (Å²) in [5, 5.41) is 11.9. The van der Waals surface area contributed by atoms with Crippen LogP contribution < -0.4 is 0 Å². The van der Waals surface area contributed by atoms with E-state index in [9.17, 15) is 4.79 Å². The van der Waals surface area contributed by atoms with Gasteiger partial charge in [0.25, 0.3) is 5.91 Å². The van der Waals surface area contributed by atoms with Gasteiger partial charge in [-0.15, -0.1) is 10.2 Å². The zero-order valence-corrected chi connectivity index (χ0v) is 15.2. The molecule has 0 bridgehead atoms. The number of amides is 1. The Morgan fingerprint density at radius 3 is 2.76 bits per heavy atom. The molecule has 3 heterocycles. The highest BCUT2D eigenvalue weighted by molar-refractivity contribution is 5.91. The van der Waals surface area contributed by atoms with Crippen LogP contribution in [0.5, 0.6) is 0 Å². The number of rotatable bonds is 5.